The van der Waals surface area contributed by atoms with Crippen LogP contribution in [-0.4, -0.2) is 26.8 Å². The van der Waals surface area contributed by atoms with Crippen molar-refractivity contribution in [3.05, 3.63) is 41.0 Å². The number of benzene rings is 1. The van der Waals surface area contributed by atoms with Crippen LogP contribution in [-0.2, 0) is 0 Å². The predicted octanol–water partition coefficient (Wildman–Crippen LogP) is 1.18. The molecule has 0 spiro atoms. The van der Waals surface area contributed by atoms with Crippen LogP contribution in [0.4, 0.5) is 5.69 Å². The highest BCUT2D eigenvalue weighted by molar-refractivity contribution is 5.52. The van der Waals surface area contributed by atoms with Crippen LogP contribution in [0.2, 0.25) is 0 Å². The van der Waals surface area contributed by atoms with E-state index in [1.165, 1.54) is 36.6 Å². The summed E-state index contributed by atoms with van der Waals surface area (Å²) < 4.78 is 6.43. The van der Waals surface area contributed by atoms with Gasteiger partial charge in [-0.15, -0.1) is 0 Å². The number of aromatic nitrogens is 3. The van der Waals surface area contributed by atoms with Gasteiger partial charge >= 0.3 is 5.69 Å². The summed E-state index contributed by atoms with van der Waals surface area (Å²) in [5.74, 6) is 0.193. The number of ether oxygens (including phenoxy) is 1. The summed E-state index contributed by atoms with van der Waals surface area (Å²) in [5, 5.41) is 14.6. The average Bonchev–Trinajstić information content (AvgIpc) is 2.81. The molecule has 0 amide bonds. The number of nitro benzene ring substituents is 1. The lowest BCUT2D eigenvalue weighted by Gasteiger charge is -2.04. The fraction of sp³-hybridized carbons (Fsp3) is 0.111. The van der Waals surface area contributed by atoms with Crippen molar-refractivity contribution in [3.8, 4) is 11.4 Å². The van der Waals surface area contributed by atoms with E-state index in [9.17, 15) is 10.1 Å². The first kappa shape index (κ1) is 10.1. The van der Waals surface area contributed by atoms with E-state index in [0.29, 0.717) is 5.69 Å². The van der Waals surface area contributed by atoms with E-state index < -0.39 is 4.92 Å². The van der Waals surface area contributed by atoms with Crippen molar-refractivity contribution in [1.29, 1.82) is 0 Å². The summed E-state index contributed by atoms with van der Waals surface area (Å²) in [5.41, 5.74) is 0.575. The zero-order valence-electron chi connectivity index (χ0n) is 8.40. The van der Waals surface area contributed by atoms with Gasteiger partial charge in [0.1, 0.15) is 12.7 Å². The van der Waals surface area contributed by atoms with Crippen molar-refractivity contribution < 1.29 is 9.66 Å². The van der Waals surface area contributed by atoms with Crippen molar-refractivity contribution in [3.63, 3.8) is 0 Å². The second-order valence-corrected chi connectivity index (χ2v) is 2.95. The minimum Gasteiger partial charge on any atom is -0.490 e. The van der Waals surface area contributed by atoms with Crippen LogP contribution in [0.15, 0.2) is 30.9 Å². The van der Waals surface area contributed by atoms with Crippen LogP contribution >= 0.6 is 0 Å². The molecule has 0 aliphatic carbocycles. The molecule has 0 saturated heterocycles. The first-order valence-electron chi connectivity index (χ1n) is 4.40. The summed E-state index contributed by atoms with van der Waals surface area (Å²) in [4.78, 5) is 14.0. The Morgan fingerprint density at radius 2 is 2.31 bits per heavy atom. The Bertz CT molecular complexity index is 509. The van der Waals surface area contributed by atoms with Crippen LogP contribution in [0, 0.1) is 10.1 Å². The molecule has 7 nitrogen and oxygen atoms in total. The largest absolute Gasteiger partial charge is 0.490 e. The maximum atomic E-state index is 10.7. The number of methoxy groups -OCH3 is 1. The summed E-state index contributed by atoms with van der Waals surface area (Å²) in [6.45, 7) is 0. The lowest BCUT2D eigenvalue weighted by molar-refractivity contribution is -0.385. The van der Waals surface area contributed by atoms with E-state index in [1.807, 2.05) is 0 Å². The van der Waals surface area contributed by atoms with E-state index in [1.54, 1.807) is 6.07 Å². The lowest BCUT2D eigenvalue weighted by Crippen LogP contribution is -1.98. The Hall–Kier alpha value is -2.44. The van der Waals surface area contributed by atoms with Crippen molar-refractivity contribution in [2.75, 3.05) is 7.11 Å². The van der Waals surface area contributed by atoms with Gasteiger partial charge in [-0.3, -0.25) is 10.1 Å². The molecule has 0 unspecified atom stereocenters. The highest BCUT2D eigenvalue weighted by Gasteiger charge is 2.15. The Morgan fingerprint density at radius 3 is 2.88 bits per heavy atom. The molecule has 2 rings (SSSR count). The summed E-state index contributed by atoms with van der Waals surface area (Å²) in [7, 11) is 1.38. The molecular formula is C9H8N4O3. The first-order valence-corrected chi connectivity index (χ1v) is 4.40. The highest BCUT2D eigenvalue weighted by atomic mass is 16.6. The van der Waals surface area contributed by atoms with Crippen LogP contribution in [0.25, 0.3) is 5.69 Å². The zero-order chi connectivity index (χ0) is 11.5. The van der Waals surface area contributed by atoms with Crippen molar-refractivity contribution in [2.45, 2.75) is 0 Å². The van der Waals surface area contributed by atoms with Gasteiger partial charge in [-0.2, -0.15) is 5.10 Å². The summed E-state index contributed by atoms with van der Waals surface area (Å²) in [6.07, 6.45) is 2.88. The first-order chi connectivity index (χ1) is 7.72. The van der Waals surface area contributed by atoms with Gasteiger partial charge in [-0.25, -0.2) is 9.67 Å². The fourth-order valence-electron chi connectivity index (χ4n) is 1.30. The van der Waals surface area contributed by atoms with Crippen molar-refractivity contribution in [2.24, 2.45) is 0 Å². The molecule has 1 heterocycles. The molecule has 82 valence electrons. The van der Waals surface area contributed by atoms with E-state index in [4.69, 9.17) is 4.74 Å². The number of hydrogen-bond donors (Lipinski definition) is 0. The Morgan fingerprint density at radius 1 is 1.50 bits per heavy atom. The van der Waals surface area contributed by atoms with Crippen molar-refractivity contribution in [1.82, 2.24) is 14.8 Å². The van der Waals surface area contributed by atoms with Gasteiger partial charge in [-0.1, -0.05) is 0 Å². The van der Waals surface area contributed by atoms with Gasteiger partial charge in [0.2, 0.25) is 0 Å². The van der Waals surface area contributed by atoms with Gasteiger partial charge in [0.05, 0.1) is 17.7 Å². The van der Waals surface area contributed by atoms with Gasteiger partial charge < -0.3 is 4.74 Å². The maximum Gasteiger partial charge on any atom is 0.311 e. The third kappa shape index (κ3) is 1.70. The second kappa shape index (κ2) is 3.97. The molecule has 0 N–H and O–H groups in total. The van der Waals surface area contributed by atoms with E-state index >= 15 is 0 Å². The summed E-state index contributed by atoms with van der Waals surface area (Å²) >= 11 is 0. The van der Waals surface area contributed by atoms with E-state index in [0.717, 1.165) is 0 Å². The molecule has 7 heteroatoms. The molecule has 0 fully saturated rings. The Labute approximate surface area is 90.4 Å². The molecule has 1 aromatic carbocycles. The van der Waals surface area contributed by atoms with E-state index in [-0.39, 0.29) is 11.4 Å². The van der Waals surface area contributed by atoms with Crippen LogP contribution in [0.5, 0.6) is 5.75 Å². The predicted molar refractivity (Wildman–Crippen MR) is 54.6 cm³/mol. The minimum absolute atomic E-state index is 0.0774. The molecule has 0 saturated carbocycles. The molecule has 16 heavy (non-hydrogen) atoms. The van der Waals surface area contributed by atoms with Gasteiger partial charge in [-0.05, 0) is 6.07 Å². The minimum atomic E-state index is -0.496. The SMILES string of the molecule is COc1cc(-n2cncn2)ccc1[N+](=O)[O-]. The molecule has 0 radical (unpaired) electrons. The third-order valence-electron chi connectivity index (χ3n) is 2.04. The second-order valence-electron chi connectivity index (χ2n) is 2.95. The zero-order valence-corrected chi connectivity index (χ0v) is 8.40. The van der Waals surface area contributed by atoms with Crippen LogP contribution < -0.4 is 4.74 Å². The molecule has 1 aromatic heterocycles. The van der Waals surface area contributed by atoms with Crippen molar-refractivity contribution >= 4 is 5.69 Å². The smallest absolute Gasteiger partial charge is 0.311 e. The number of nitro groups is 1. The number of rotatable bonds is 3. The van der Waals surface area contributed by atoms with Gasteiger partial charge in [0, 0.05) is 12.1 Å². The third-order valence-corrected chi connectivity index (χ3v) is 2.04. The molecule has 0 bridgehead atoms. The topological polar surface area (TPSA) is 83.1 Å². The standard InChI is InChI=1S/C9H8N4O3/c1-16-9-4-7(12-6-10-5-11-12)2-3-8(9)13(14)15/h2-6H,1H3. The molecule has 2 aromatic rings. The Balaban J connectivity index is 2.49. The fourth-order valence-corrected chi connectivity index (χ4v) is 1.30. The van der Waals surface area contributed by atoms with Gasteiger partial charge in [0.25, 0.3) is 0 Å². The highest BCUT2D eigenvalue weighted by Crippen LogP contribution is 2.28. The van der Waals surface area contributed by atoms with Gasteiger partial charge in [0.15, 0.2) is 5.75 Å². The van der Waals surface area contributed by atoms with Crippen LogP contribution in [0.1, 0.15) is 0 Å². The molecular weight excluding hydrogens is 212 g/mol. The molecule has 0 aliphatic rings. The quantitative estimate of drug-likeness (QED) is 0.573. The molecule has 0 aliphatic heterocycles. The maximum absolute atomic E-state index is 10.7. The lowest BCUT2D eigenvalue weighted by atomic mass is 10.2. The normalized spacial score (nSPS) is 10.1. The number of nitrogens with zero attached hydrogens (tertiary/aromatic N) is 4. The number of hydrogen-bond acceptors (Lipinski definition) is 5. The summed E-state index contributed by atoms with van der Waals surface area (Å²) in [6, 6.07) is 4.48. The molecule has 0 atom stereocenters. The average molecular weight is 220 g/mol. The monoisotopic (exact) mass is 220 g/mol. The van der Waals surface area contributed by atoms with E-state index in [2.05, 4.69) is 10.1 Å². The van der Waals surface area contributed by atoms with Crippen LogP contribution in [0.3, 0.4) is 0 Å². The Kier molecular flexibility index (Phi) is 2.50.